The van der Waals surface area contributed by atoms with Gasteiger partial charge in [-0.05, 0) is 34.5 Å². The molecule has 0 saturated heterocycles. The molecule has 22 heavy (non-hydrogen) atoms. The van der Waals surface area contributed by atoms with Gasteiger partial charge in [-0.3, -0.25) is 9.59 Å². The molecule has 3 rings (SSSR count). The number of fused-ring (bicyclic) bond motifs is 1. The third kappa shape index (κ3) is 2.31. The van der Waals surface area contributed by atoms with Crippen molar-refractivity contribution in [2.45, 2.75) is 0 Å². The SMILES string of the molecule is NC(=O)c1ccc2c(-c3ccccc3)c(C(N)=O)ccc2c1. The van der Waals surface area contributed by atoms with Gasteiger partial charge in [-0.25, -0.2) is 0 Å². The van der Waals surface area contributed by atoms with Crippen LogP contribution in [0.5, 0.6) is 0 Å². The average molecular weight is 290 g/mol. The third-order valence-electron chi connectivity index (χ3n) is 3.63. The Morgan fingerprint density at radius 2 is 1.50 bits per heavy atom. The van der Waals surface area contributed by atoms with Crippen LogP contribution in [0.1, 0.15) is 20.7 Å². The molecule has 0 atom stereocenters. The van der Waals surface area contributed by atoms with Crippen molar-refractivity contribution in [1.29, 1.82) is 0 Å². The first-order valence-electron chi connectivity index (χ1n) is 6.79. The molecule has 4 nitrogen and oxygen atoms in total. The van der Waals surface area contributed by atoms with Crippen LogP contribution in [0.15, 0.2) is 60.7 Å². The maximum Gasteiger partial charge on any atom is 0.249 e. The molecule has 2 amide bonds. The number of carbonyl (C=O) groups excluding carboxylic acids is 2. The van der Waals surface area contributed by atoms with E-state index < -0.39 is 11.8 Å². The molecule has 0 aromatic heterocycles. The summed E-state index contributed by atoms with van der Waals surface area (Å²) in [6.45, 7) is 0. The Balaban J connectivity index is 2.37. The zero-order chi connectivity index (χ0) is 15.7. The minimum atomic E-state index is -0.486. The molecule has 4 N–H and O–H groups in total. The zero-order valence-electron chi connectivity index (χ0n) is 11.7. The third-order valence-corrected chi connectivity index (χ3v) is 3.63. The highest BCUT2D eigenvalue weighted by Crippen LogP contribution is 2.32. The van der Waals surface area contributed by atoms with Gasteiger partial charge in [0.2, 0.25) is 11.8 Å². The molecule has 4 heteroatoms. The van der Waals surface area contributed by atoms with Gasteiger partial charge in [-0.2, -0.15) is 0 Å². The Morgan fingerprint density at radius 1 is 0.773 bits per heavy atom. The lowest BCUT2D eigenvalue weighted by molar-refractivity contribution is 0.0992. The van der Waals surface area contributed by atoms with Crippen molar-refractivity contribution in [1.82, 2.24) is 0 Å². The lowest BCUT2D eigenvalue weighted by Gasteiger charge is -2.12. The van der Waals surface area contributed by atoms with Crippen LogP contribution in [0, 0.1) is 0 Å². The van der Waals surface area contributed by atoms with E-state index in [0.717, 1.165) is 21.9 Å². The largest absolute Gasteiger partial charge is 0.366 e. The Labute approximate surface area is 127 Å². The van der Waals surface area contributed by atoms with Crippen LogP contribution in [-0.4, -0.2) is 11.8 Å². The van der Waals surface area contributed by atoms with Gasteiger partial charge in [0.25, 0.3) is 0 Å². The first-order chi connectivity index (χ1) is 10.6. The molecule has 0 unspecified atom stereocenters. The summed E-state index contributed by atoms with van der Waals surface area (Å²) in [5, 5.41) is 1.69. The first kappa shape index (κ1) is 13.8. The number of hydrogen-bond acceptors (Lipinski definition) is 2. The summed E-state index contributed by atoms with van der Waals surface area (Å²) in [5.74, 6) is -0.970. The van der Waals surface area contributed by atoms with Crippen LogP contribution in [0.25, 0.3) is 21.9 Å². The van der Waals surface area contributed by atoms with Crippen LogP contribution >= 0.6 is 0 Å². The lowest BCUT2D eigenvalue weighted by atomic mass is 9.92. The Bertz CT molecular complexity index is 886. The topological polar surface area (TPSA) is 86.2 Å². The van der Waals surface area contributed by atoms with Crippen molar-refractivity contribution >= 4 is 22.6 Å². The fourth-order valence-electron chi connectivity index (χ4n) is 2.60. The minimum absolute atomic E-state index is 0.429. The Morgan fingerprint density at radius 3 is 2.14 bits per heavy atom. The molecule has 0 aliphatic carbocycles. The van der Waals surface area contributed by atoms with Crippen LogP contribution in [-0.2, 0) is 0 Å². The number of hydrogen-bond donors (Lipinski definition) is 2. The van der Waals surface area contributed by atoms with Crippen LogP contribution < -0.4 is 11.5 Å². The van der Waals surface area contributed by atoms with E-state index >= 15 is 0 Å². The molecule has 3 aromatic carbocycles. The molecule has 0 aliphatic rings. The summed E-state index contributed by atoms with van der Waals surface area (Å²) in [4.78, 5) is 23.1. The smallest absolute Gasteiger partial charge is 0.249 e. The number of amides is 2. The normalized spacial score (nSPS) is 10.5. The monoisotopic (exact) mass is 290 g/mol. The molecule has 0 bridgehead atoms. The fourth-order valence-corrected chi connectivity index (χ4v) is 2.60. The van der Waals surface area contributed by atoms with E-state index in [9.17, 15) is 9.59 Å². The second-order valence-electron chi connectivity index (χ2n) is 5.02. The van der Waals surface area contributed by atoms with Crippen molar-refractivity contribution in [2.24, 2.45) is 11.5 Å². The van der Waals surface area contributed by atoms with Gasteiger partial charge in [-0.1, -0.05) is 42.5 Å². The average Bonchev–Trinajstić information content (AvgIpc) is 2.53. The van der Waals surface area contributed by atoms with Gasteiger partial charge in [0.15, 0.2) is 0 Å². The summed E-state index contributed by atoms with van der Waals surface area (Å²) in [5.41, 5.74) is 13.4. The summed E-state index contributed by atoms with van der Waals surface area (Å²) in [6, 6.07) is 18.2. The standard InChI is InChI=1S/C18H14N2O2/c19-17(21)13-7-8-14-12(10-13)6-9-15(18(20)22)16(14)11-4-2-1-3-5-11/h1-10H,(H2,19,21)(H2,20,22). The molecule has 0 aliphatic heterocycles. The number of primary amides is 2. The number of nitrogens with two attached hydrogens (primary N) is 2. The second kappa shape index (κ2) is 5.33. The molecular weight excluding hydrogens is 276 g/mol. The molecule has 0 fully saturated rings. The number of rotatable bonds is 3. The van der Waals surface area contributed by atoms with Crippen LogP contribution in [0.4, 0.5) is 0 Å². The van der Waals surface area contributed by atoms with Gasteiger partial charge < -0.3 is 11.5 Å². The van der Waals surface area contributed by atoms with Crippen molar-refractivity contribution in [3.8, 4) is 11.1 Å². The van der Waals surface area contributed by atoms with E-state index in [1.165, 1.54) is 0 Å². The second-order valence-corrected chi connectivity index (χ2v) is 5.02. The van der Waals surface area contributed by atoms with Crippen molar-refractivity contribution in [2.75, 3.05) is 0 Å². The maximum atomic E-state index is 11.8. The van der Waals surface area contributed by atoms with Crippen molar-refractivity contribution < 1.29 is 9.59 Å². The lowest BCUT2D eigenvalue weighted by Crippen LogP contribution is -2.13. The molecule has 0 heterocycles. The van der Waals surface area contributed by atoms with Crippen molar-refractivity contribution in [3.63, 3.8) is 0 Å². The zero-order valence-corrected chi connectivity index (χ0v) is 11.7. The van der Waals surface area contributed by atoms with Gasteiger partial charge in [0.05, 0.1) is 0 Å². The predicted molar refractivity (Wildman–Crippen MR) is 86.4 cm³/mol. The van der Waals surface area contributed by atoms with E-state index in [1.807, 2.05) is 30.3 Å². The van der Waals surface area contributed by atoms with Gasteiger partial charge in [-0.15, -0.1) is 0 Å². The van der Waals surface area contributed by atoms with Gasteiger partial charge in [0.1, 0.15) is 0 Å². The van der Waals surface area contributed by atoms with E-state index in [1.54, 1.807) is 30.3 Å². The van der Waals surface area contributed by atoms with Gasteiger partial charge in [0, 0.05) is 16.7 Å². The fraction of sp³-hybridized carbons (Fsp3) is 0. The Hall–Kier alpha value is -3.14. The van der Waals surface area contributed by atoms with Gasteiger partial charge >= 0.3 is 0 Å². The minimum Gasteiger partial charge on any atom is -0.366 e. The summed E-state index contributed by atoms with van der Waals surface area (Å²) in [6.07, 6.45) is 0. The van der Waals surface area contributed by atoms with E-state index in [2.05, 4.69) is 0 Å². The van der Waals surface area contributed by atoms with Crippen LogP contribution in [0.3, 0.4) is 0 Å². The van der Waals surface area contributed by atoms with Crippen molar-refractivity contribution in [3.05, 3.63) is 71.8 Å². The summed E-state index contributed by atoms with van der Waals surface area (Å²) in [7, 11) is 0. The molecular formula is C18H14N2O2. The highest BCUT2D eigenvalue weighted by atomic mass is 16.1. The van der Waals surface area contributed by atoms with Crippen LogP contribution in [0.2, 0.25) is 0 Å². The van der Waals surface area contributed by atoms with E-state index in [0.29, 0.717) is 11.1 Å². The molecule has 0 spiro atoms. The number of benzene rings is 3. The molecule has 0 radical (unpaired) electrons. The van der Waals surface area contributed by atoms with E-state index in [-0.39, 0.29) is 0 Å². The first-order valence-corrected chi connectivity index (χ1v) is 6.79. The predicted octanol–water partition coefficient (Wildman–Crippen LogP) is 2.70. The molecule has 108 valence electrons. The molecule has 0 saturated carbocycles. The maximum absolute atomic E-state index is 11.8. The van der Waals surface area contributed by atoms with E-state index in [4.69, 9.17) is 11.5 Å². The molecule has 3 aromatic rings. The Kier molecular flexibility index (Phi) is 3.35. The highest BCUT2D eigenvalue weighted by Gasteiger charge is 2.14. The summed E-state index contributed by atoms with van der Waals surface area (Å²) < 4.78 is 0. The summed E-state index contributed by atoms with van der Waals surface area (Å²) >= 11 is 0. The quantitative estimate of drug-likeness (QED) is 0.777. The number of carbonyl (C=O) groups is 2. The highest BCUT2D eigenvalue weighted by molar-refractivity contribution is 6.10.